The Hall–Kier alpha value is -3.78. The summed E-state index contributed by atoms with van der Waals surface area (Å²) >= 11 is 3.40. The van der Waals surface area contributed by atoms with Crippen LogP contribution in [-0.2, 0) is 0 Å². The van der Waals surface area contributed by atoms with E-state index in [-0.39, 0.29) is 5.69 Å². The molecule has 0 fully saturated rings. The molecule has 1 N–H and O–H groups in total. The average Bonchev–Trinajstić information content (AvgIpc) is 3.25. The van der Waals surface area contributed by atoms with Crippen LogP contribution in [0, 0.1) is 17.0 Å². The molecule has 7 nitrogen and oxygen atoms in total. The first-order valence-electron chi connectivity index (χ1n) is 9.30. The normalized spacial score (nSPS) is 10.6. The van der Waals surface area contributed by atoms with Crippen LogP contribution < -0.4 is 5.32 Å². The lowest BCUT2D eigenvalue weighted by atomic mass is 10.1. The van der Waals surface area contributed by atoms with Crippen LogP contribution >= 0.6 is 15.9 Å². The molecule has 3 aromatic carbocycles. The highest BCUT2D eigenvalue weighted by Gasteiger charge is 2.18. The number of carbonyl (C=O) groups excluding carboxylic acids is 1. The highest BCUT2D eigenvalue weighted by molar-refractivity contribution is 9.10. The van der Waals surface area contributed by atoms with E-state index in [0.29, 0.717) is 34.0 Å². The molecule has 1 aromatic heterocycles. The molecule has 8 heteroatoms. The number of nitrogens with zero attached hydrogens (tertiary/aromatic N) is 2. The van der Waals surface area contributed by atoms with Crippen molar-refractivity contribution in [3.63, 3.8) is 0 Å². The Labute approximate surface area is 186 Å². The number of nitro groups is 1. The van der Waals surface area contributed by atoms with Gasteiger partial charge in [0.25, 0.3) is 11.6 Å². The first kappa shape index (κ1) is 20.5. The predicted molar refractivity (Wildman–Crippen MR) is 121 cm³/mol. The highest BCUT2D eigenvalue weighted by atomic mass is 79.9. The Morgan fingerprint density at radius 3 is 2.58 bits per heavy atom. The molecule has 154 valence electrons. The molecule has 0 spiro atoms. The summed E-state index contributed by atoms with van der Waals surface area (Å²) in [6.07, 6.45) is 1.61. The van der Waals surface area contributed by atoms with Gasteiger partial charge in [-0.25, -0.2) is 4.98 Å². The second-order valence-corrected chi connectivity index (χ2v) is 7.71. The zero-order valence-corrected chi connectivity index (χ0v) is 17.9. The molecule has 0 bridgehead atoms. The number of anilines is 1. The van der Waals surface area contributed by atoms with Crippen molar-refractivity contribution in [2.45, 2.75) is 6.92 Å². The van der Waals surface area contributed by atoms with Crippen LogP contribution in [0.4, 0.5) is 11.4 Å². The fraction of sp³-hybridized carbons (Fsp3) is 0.0435. The Morgan fingerprint density at radius 2 is 1.84 bits per heavy atom. The summed E-state index contributed by atoms with van der Waals surface area (Å²) in [6.45, 7) is 1.77. The van der Waals surface area contributed by atoms with E-state index in [2.05, 4.69) is 26.2 Å². The van der Waals surface area contributed by atoms with Gasteiger partial charge in [-0.1, -0.05) is 46.3 Å². The molecule has 1 amide bonds. The largest absolute Gasteiger partial charge is 0.436 e. The van der Waals surface area contributed by atoms with Gasteiger partial charge in [-0.15, -0.1) is 0 Å². The maximum absolute atomic E-state index is 13.0. The number of hydrogen-bond donors (Lipinski definition) is 1. The van der Waals surface area contributed by atoms with Crippen molar-refractivity contribution < 1.29 is 14.1 Å². The maximum Gasteiger partial charge on any atom is 0.271 e. The second kappa shape index (κ2) is 8.53. The van der Waals surface area contributed by atoms with Crippen molar-refractivity contribution >= 4 is 33.2 Å². The number of hydrogen-bond acceptors (Lipinski definition) is 5. The van der Waals surface area contributed by atoms with E-state index in [0.717, 1.165) is 10.0 Å². The monoisotopic (exact) mass is 477 g/mol. The van der Waals surface area contributed by atoms with Crippen molar-refractivity contribution in [1.29, 1.82) is 0 Å². The first-order valence-corrected chi connectivity index (χ1v) is 10.1. The van der Waals surface area contributed by atoms with Crippen LogP contribution in [0.2, 0.25) is 0 Å². The molecule has 0 saturated heterocycles. The number of non-ortho nitro benzene ring substituents is 1. The minimum Gasteiger partial charge on any atom is -0.436 e. The zero-order chi connectivity index (χ0) is 22.0. The van der Waals surface area contributed by atoms with Gasteiger partial charge in [0, 0.05) is 27.7 Å². The van der Waals surface area contributed by atoms with Crippen LogP contribution in [0.1, 0.15) is 15.9 Å². The van der Waals surface area contributed by atoms with Gasteiger partial charge in [-0.05, 0) is 36.8 Å². The molecule has 1 heterocycles. The summed E-state index contributed by atoms with van der Waals surface area (Å²) in [7, 11) is 0. The number of aromatic nitrogens is 1. The van der Waals surface area contributed by atoms with Crippen molar-refractivity contribution in [3.8, 4) is 22.8 Å². The molecular weight excluding hydrogens is 462 g/mol. The topological polar surface area (TPSA) is 98.3 Å². The van der Waals surface area contributed by atoms with Crippen LogP contribution in [0.25, 0.3) is 22.8 Å². The highest BCUT2D eigenvalue weighted by Crippen LogP contribution is 2.30. The lowest BCUT2D eigenvalue weighted by molar-refractivity contribution is -0.384. The summed E-state index contributed by atoms with van der Waals surface area (Å²) < 4.78 is 6.87. The van der Waals surface area contributed by atoms with Crippen LogP contribution in [0.15, 0.2) is 81.8 Å². The van der Waals surface area contributed by atoms with E-state index in [9.17, 15) is 14.9 Å². The Kier molecular flexibility index (Phi) is 5.64. The molecular formula is C23H16BrN3O4. The lowest BCUT2D eigenvalue weighted by Crippen LogP contribution is -2.14. The molecule has 31 heavy (non-hydrogen) atoms. The van der Waals surface area contributed by atoms with E-state index in [1.807, 2.05) is 24.3 Å². The maximum atomic E-state index is 13.0. The Bertz CT molecular complexity index is 1280. The summed E-state index contributed by atoms with van der Waals surface area (Å²) in [6, 6.07) is 18.9. The molecule has 0 aliphatic carbocycles. The predicted octanol–water partition coefficient (Wildman–Crippen LogP) is 6.24. The van der Waals surface area contributed by atoms with Crippen molar-refractivity contribution in [2.75, 3.05) is 5.32 Å². The molecule has 0 aliphatic heterocycles. The van der Waals surface area contributed by atoms with Gasteiger partial charge in [0.15, 0.2) is 5.76 Å². The minimum atomic E-state index is -0.501. The van der Waals surface area contributed by atoms with Crippen molar-refractivity contribution in [3.05, 3.63) is 98.6 Å². The van der Waals surface area contributed by atoms with Crippen molar-refractivity contribution in [2.24, 2.45) is 0 Å². The molecule has 4 rings (SSSR count). The number of halogens is 1. The number of benzene rings is 3. The third kappa shape index (κ3) is 4.39. The van der Waals surface area contributed by atoms with Crippen LogP contribution in [-0.4, -0.2) is 15.8 Å². The number of oxazole rings is 1. The lowest BCUT2D eigenvalue weighted by Gasteiger charge is -2.10. The summed E-state index contributed by atoms with van der Waals surface area (Å²) in [5.74, 6) is 0.467. The van der Waals surface area contributed by atoms with Gasteiger partial charge < -0.3 is 9.73 Å². The van der Waals surface area contributed by atoms with Gasteiger partial charge in [0.2, 0.25) is 5.89 Å². The number of carbonyl (C=O) groups is 1. The molecule has 0 radical (unpaired) electrons. The first-order chi connectivity index (χ1) is 14.9. The number of aryl methyl sites for hydroxylation is 1. The summed E-state index contributed by atoms with van der Waals surface area (Å²) in [5.41, 5.74) is 2.71. The summed E-state index contributed by atoms with van der Waals surface area (Å²) in [5, 5.41) is 13.8. The fourth-order valence-electron chi connectivity index (χ4n) is 3.06. The Morgan fingerprint density at radius 1 is 1.10 bits per heavy atom. The SMILES string of the molecule is Cc1ccc([N+](=O)[O-])cc1NC(=O)c1ccccc1-c1ncc(-c2ccc(Br)cc2)o1. The third-order valence-corrected chi connectivity index (χ3v) is 5.25. The molecule has 0 saturated carbocycles. The molecule has 0 aliphatic rings. The number of nitro benzene ring substituents is 1. The van der Waals surface area contributed by atoms with E-state index in [4.69, 9.17) is 4.42 Å². The minimum absolute atomic E-state index is 0.0963. The third-order valence-electron chi connectivity index (χ3n) is 4.72. The Balaban J connectivity index is 1.65. The van der Waals surface area contributed by atoms with Gasteiger partial charge >= 0.3 is 0 Å². The van der Waals surface area contributed by atoms with Gasteiger partial charge in [0.05, 0.1) is 22.4 Å². The molecule has 4 aromatic rings. The summed E-state index contributed by atoms with van der Waals surface area (Å²) in [4.78, 5) is 27.9. The second-order valence-electron chi connectivity index (χ2n) is 6.79. The van der Waals surface area contributed by atoms with E-state index < -0.39 is 10.8 Å². The number of rotatable bonds is 5. The van der Waals surface area contributed by atoms with Crippen LogP contribution in [0.5, 0.6) is 0 Å². The fourth-order valence-corrected chi connectivity index (χ4v) is 3.33. The van der Waals surface area contributed by atoms with Crippen molar-refractivity contribution in [1.82, 2.24) is 4.98 Å². The standard InChI is InChI=1S/C23H16BrN3O4/c1-14-6-11-17(27(29)30)12-20(14)26-22(28)18-4-2-3-5-19(18)23-25-13-21(31-23)15-7-9-16(24)10-8-15/h2-13H,1H3,(H,26,28). The number of nitrogens with one attached hydrogen (secondary N) is 1. The van der Waals surface area contributed by atoms with E-state index in [1.165, 1.54) is 12.1 Å². The van der Waals surface area contributed by atoms with E-state index >= 15 is 0 Å². The molecule has 0 unspecified atom stereocenters. The van der Waals surface area contributed by atoms with Gasteiger partial charge in [0.1, 0.15) is 0 Å². The van der Waals surface area contributed by atoms with Gasteiger partial charge in [-0.3, -0.25) is 14.9 Å². The smallest absolute Gasteiger partial charge is 0.271 e. The van der Waals surface area contributed by atoms with Gasteiger partial charge in [-0.2, -0.15) is 0 Å². The molecule has 0 atom stereocenters. The zero-order valence-electron chi connectivity index (χ0n) is 16.3. The quantitative estimate of drug-likeness (QED) is 0.271. The van der Waals surface area contributed by atoms with Crippen LogP contribution in [0.3, 0.4) is 0 Å². The average molecular weight is 478 g/mol. The van der Waals surface area contributed by atoms with E-state index in [1.54, 1.807) is 43.5 Å². The number of amides is 1.